The maximum atomic E-state index is 13.1. The molecule has 5 nitrogen and oxygen atoms in total. The minimum absolute atomic E-state index is 0.0812. The third-order valence-electron chi connectivity index (χ3n) is 4.06. The Balaban J connectivity index is 2.21. The third-order valence-corrected chi connectivity index (χ3v) is 4.06. The van der Waals surface area contributed by atoms with Gasteiger partial charge < -0.3 is 9.64 Å². The Labute approximate surface area is 148 Å². The van der Waals surface area contributed by atoms with E-state index in [4.69, 9.17) is 4.74 Å². The van der Waals surface area contributed by atoms with E-state index < -0.39 is 0 Å². The minimum Gasteiger partial charge on any atom is -0.385 e. The number of hydrogen-bond donors (Lipinski definition) is 0. The number of nitrogens with zero attached hydrogens (tertiary/aromatic N) is 3. The number of aryl methyl sites for hydroxylation is 1. The summed E-state index contributed by atoms with van der Waals surface area (Å²) in [6, 6.07) is 8.08. The van der Waals surface area contributed by atoms with Crippen LogP contribution in [0.5, 0.6) is 0 Å². The van der Waals surface area contributed by atoms with E-state index in [9.17, 15) is 9.18 Å². The van der Waals surface area contributed by atoms with Crippen molar-refractivity contribution in [2.24, 2.45) is 7.05 Å². The summed E-state index contributed by atoms with van der Waals surface area (Å²) in [5, 5.41) is 4.42. The van der Waals surface area contributed by atoms with Gasteiger partial charge in [0.05, 0.1) is 5.69 Å². The summed E-state index contributed by atoms with van der Waals surface area (Å²) in [5.41, 5.74) is 2.34. The lowest BCUT2D eigenvalue weighted by Crippen LogP contribution is -2.33. The Morgan fingerprint density at radius 3 is 2.56 bits per heavy atom. The van der Waals surface area contributed by atoms with Gasteiger partial charge in [0.15, 0.2) is 0 Å². The van der Waals surface area contributed by atoms with E-state index in [2.05, 4.69) is 5.10 Å². The number of amides is 1. The van der Waals surface area contributed by atoms with Crippen molar-refractivity contribution in [2.75, 3.05) is 20.3 Å². The quantitative estimate of drug-likeness (QED) is 0.688. The van der Waals surface area contributed by atoms with Crippen LogP contribution in [0, 0.1) is 5.82 Å². The van der Waals surface area contributed by atoms with Gasteiger partial charge in [-0.3, -0.25) is 9.48 Å². The predicted molar refractivity (Wildman–Crippen MR) is 94.9 cm³/mol. The molecule has 1 amide bonds. The molecule has 1 aromatic carbocycles. The molecule has 0 saturated heterocycles. The Hall–Kier alpha value is -2.21. The van der Waals surface area contributed by atoms with Crippen molar-refractivity contribution in [1.82, 2.24) is 14.7 Å². The van der Waals surface area contributed by atoms with Gasteiger partial charge in [0, 0.05) is 33.9 Å². The van der Waals surface area contributed by atoms with Crippen molar-refractivity contribution in [3.8, 4) is 0 Å². The van der Waals surface area contributed by atoms with E-state index in [-0.39, 0.29) is 17.6 Å². The first-order valence-electron chi connectivity index (χ1n) is 8.49. The van der Waals surface area contributed by atoms with E-state index >= 15 is 0 Å². The molecule has 0 saturated carbocycles. The Morgan fingerprint density at radius 1 is 1.32 bits per heavy atom. The lowest BCUT2D eigenvalue weighted by atomic mass is 10.1. The number of methoxy groups -OCH3 is 1. The van der Waals surface area contributed by atoms with E-state index in [1.807, 2.05) is 19.9 Å². The van der Waals surface area contributed by atoms with Crippen LogP contribution in [0.4, 0.5) is 4.39 Å². The van der Waals surface area contributed by atoms with Crippen LogP contribution in [-0.2, 0) is 18.3 Å². The molecule has 2 aromatic rings. The molecular formula is C19H26FN3O2. The zero-order valence-corrected chi connectivity index (χ0v) is 15.3. The van der Waals surface area contributed by atoms with E-state index in [1.165, 1.54) is 12.1 Å². The molecule has 25 heavy (non-hydrogen) atoms. The number of hydrogen-bond acceptors (Lipinski definition) is 3. The molecule has 2 rings (SSSR count). The van der Waals surface area contributed by atoms with E-state index in [0.717, 1.165) is 17.7 Å². The van der Waals surface area contributed by atoms with Gasteiger partial charge in [0.25, 0.3) is 5.91 Å². The first-order valence-corrected chi connectivity index (χ1v) is 8.49. The minimum atomic E-state index is -0.283. The van der Waals surface area contributed by atoms with Gasteiger partial charge >= 0.3 is 0 Å². The average molecular weight is 347 g/mol. The molecule has 1 heterocycles. The monoisotopic (exact) mass is 347 g/mol. The topological polar surface area (TPSA) is 47.4 Å². The average Bonchev–Trinajstić information content (AvgIpc) is 2.97. The van der Waals surface area contributed by atoms with Gasteiger partial charge in [0.1, 0.15) is 11.5 Å². The molecule has 0 N–H and O–H groups in total. The molecule has 0 atom stereocenters. The predicted octanol–water partition coefficient (Wildman–Crippen LogP) is 3.36. The van der Waals surface area contributed by atoms with Gasteiger partial charge in [-0.05, 0) is 36.1 Å². The molecule has 0 aliphatic heterocycles. The maximum Gasteiger partial charge on any atom is 0.272 e. The van der Waals surface area contributed by atoms with Crippen LogP contribution >= 0.6 is 0 Å². The number of benzene rings is 1. The molecule has 0 unspecified atom stereocenters. The van der Waals surface area contributed by atoms with Crippen molar-refractivity contribution < 1.29 is 13.9 Å². The normalized spacial score (nSPS) is 11.1. The number of ether oxygens (including phenoxy) is 1. The SMILES string of the molecule is COCCCN(Cc1ccc(F)cc1)C(=O)c1cc(C(C)C)nn1C. The molecule has 0 spiro atoms. The van der Waals surface area contributed by atoms with Gasteiger partial charge in [-0.15, -0.1) is 0 Å². The second-order valence-corrected chi connectivity index (χ2v) is 6.43. The molecule has 6 heteroatoms. The summed E-state index contributed by atoms with van der Waals surface area (Å²) in [4.78, 5) is 14.8. The Kier molecular flexibility index (Phi) is 6.70. The summed E-state index contributed by atoms with van der Waals surface area (Å²) >= 11 is 0. The van der Waals surface area contributed by atoms with Crippen LogP contribution in [0.2, 0.25) is 0 Å². The summed E-state index contributed by atoms with van der Waals surface area (Å²) in [5.74, 6) is -0.108. The highest BCUT2D eigenvalue weighted by atomic mass is 19.1. The highest BCUT2D eigenvalue weighted by Gasteiger charge is 2.21. The van der Waals surface area contributed by atoms with Crippen molar-refractivity contribution >= 4 is 5.91 Å². The molecule has 0 aliphatic carbocycles. The Morgan fingerprint density at radius 2 is 2.00 bits per heavy atom. The number of carbonyl (C=O) groups is 1. The molecular weight excluding hydrogens is 321 g/mol. The van der Waals surface area contributed by atoms with Crippen LogP contribution < -0.4 is 0 Å². The van der Waals surface area contributed by atoms with Gasteiger partial charge in [-0.2, -0.15) is 5.10 Å². The van der Waals surface area contributed by atoms with Crippen molar-refractivity contribution in [1.29, 1.82) is 0 Å². The fourth-order valence-corrected chi connectivity index (χ4v) is 2.60. The van der Waals surface area contributed by atoms with Crippen molar-refractivity contribution in [3.63, 3.8) is 0 Å². The van der Waals surface area contributed by atoms with Crippen LogP contribution in [0.15, 0.2) is 30.3 Å². The molecule has 1 aromatic heterocycles. The van der Waals surface area contributed by atoms with Crippen LogP contribution in [0.1, 0.15) is 47.9 Å². The first-order chi connectivity index (χ1) is 11.9. The largest absolute Gasteiger partial charge is 0.385 e. The standard InChI is InChI=1S/C19H26FN3O2/c1-14(2)17-12-18(22(3)21-17)19(24)23(10-5-11-25-4)13-15-6-8-16(20)9-7-15/h6-9,12,14H,5,10-11,13H2,1-4H3. The lowest BCUT2D eigenvalue weighted by Gasteiger charge is -2.23. The summed E-state index contributed by atoms with van der Waals surface area (Å²) in [6.07, 6.45) is 0.734. The van der Waals surface area contributed by atoms with Crippen LogP contribution in [-0.4, -0.2) is 40.8 Å². The lowest BCUT2D eigenvalue weighted by molar-refractivity contribution is 0.0712. The fraction of sp³-hybridized carbons (Fsp3) is 0.474. The van der Waals surface area contributed by atoms with E-state index in [1.54, 1.807) is 35.9 Å². The van der Waals surface area contributed by atoms with Crippen molar-refractivity contribution in [2.45, 2.75) is 32.7 Å². The highest BCUT2D eigenvalue weighted by molar-refractivity contribution is 5.92. The maximum absolute atomic E-state index is 13.1. The molecule has 136 valence electrons. The molecule has 0 radical (unpaired) electrons. The zero-order valence-electron chi connectivity index (χ0n) is 15.3. The third kappa shape index (κ3) is 5.13. The highest BCUT2D eigenvalue weighted by Crippen LogP contribution is 2.17. The summed E-state index contributed by atoms with van der Waals surface area (Å²) in [6.45, 7) is 5.66. The second-order valence-electron chi connectivity index (χ2n) is 6.43. The van der Waals surface area contributed by atoms with E-state index in [0.29, 0.717) is 25.4 Å². The zero-order chi connectivity index (χ0) is 18.4. The summed E-state index contributed by atoms with van der Waals surface area (Å²) in [7, 11) is 3.42. The number of halogens is 1. The second kappa shape index (κ2) is 8.76. The number of carbonyl (C=O) groups excluding carboxylic acids is 1. The molecule has 0 aliphatic rings. The summed E-state index contributed by atoms with van der Waals surface area (Å²) < 4.78 is 19.8. The fourth-order valence-electron chi connectivity index (χ4n) is 2.60. The molecule has 0 fully saturated rings. The van der Waals surface area contributed by atoms with Crippen LogP contribution in [0.25, 0.3) is 0 Å². The number of aromatic nitrogens is 2. The molecule has 0 bridgehead atoms. The van der Waals surface area contributed by atoms with Crippen LogP contribution in [0.3, 0.4) is 0 Å². The van der Waals surface area contributed by atoms with Gasteiger partial charge in [-0.25, -0.2) is 4.39 Å². The van der Waals surface area contributed by atoms with Gasteiger partial charge in [-0.1, -0.05) is 26.0 Å². The van der Waals surface area contributed by atoms with Crippen molar-refractivity contribution in [3.05, 3.63) is 53.1 Å². The number of rotatable bonds is 8. The first kappa shape index (κ1) is 19.1. The van der Waals surface area contributed by atoms with Gasteiger partial charge in [0.2, 0.25) is 0 Å². The Bertz CT molecular complexity index is 695. The smallest absolute Gasteiger partial charge is 0.272 e.